The molecule has 1 rings (SSSR count). The van der Waals surface area contributed by atoms with Crippen molar-refractivity contribution >= 4 is 11.7 Å². The highest BCUT2D eigenvalue weighted by atomic mass is 19.1. The molecular formula is C14H17FN2O2. The molecule has 0 radical (unpaired) electrons. The Morgan fingerprint density at radius 1 is 1.53 bits per heavy atom. The molecule has 0 amide bonds. The zero-order chi connectivity index (χ0) is 14.6. The van der Waals surface area contributed by atoms with E-state index in [4.69, 9.17) is 15.7 Å². The van der Waals surface area contributed by atoms with Gasteiger partial charge in [-0.05, 0) is 39.3 Å². The molecule has 0 unspecified atom stereocenters. The maximum Gasteiger partial charge on any atom is 0.338 e. The van der Waals surface area contributed by atoms with Crippen LogP contribution in [-0.2, 0) is 4.74 Å². The van der Waals surface area contributed by atoms with Gasteiger partial charge in [-0.15, -0.1) is 0 Å². The third-order valence-corrected chi connectivity index (χ3v) is 2.88. The number of esters is 1. The molecule has 0 aliphatic heterocycles. The van der Waals surface area contributed by atoms with Crippen LogP contribution in [0.3, 0.4) is 0 Å². The Balaban J connectivity index is 2.68. The van der Waals surface area contributed by atoms with Gasteiger partial charge in [0.2, 0.25) is 0 Å². The monoisotopic (exact) mass is 264 g/mol. The van der Waals surface area contributed by atoms with Crippen LogP contribution in [0.1, 0.15) is 36.2 Å². The Labute approximate surface area is 112 Å². The second kappa shape index (κ2) is 5.70. The van der Waals surface area contributed by atoms with Crippen molar-refractivity contribution in [2.45, 2.75) is 27.2 Å². The minimum absolute atomic E-state index is 0.0790. The molecule has 0 saturated heterocycles. The van der Waals surface area contributed by atoms with Crippen molar-refractivity contribution in [1.82, 2.24) is 0 Å². The zero-order valence-electron chi connectivity index (χ0n) is 11.3. The van der Waals surface area contributed by atoms with Crippen LogP contribution in [0, 0.1) is 29.5 Å². The molecular weight excluding hydrogens is 247 g/mol. The van der Waals surface area contributed by atoms with Crippen molar-refractivity contribution in [3.8, 4) is 6.07 Å². The van der Waals surface area contributed by atoms with Crippen molar-refractivity contribution < 1.29 is 13.9 Å². The van der Waals surface area contributed by atoms with Gasteiger partial charge in [-0.2, -0.15) is 5.26 Å². The van der Waals surface area contributed by atoms with Crippen LogP contribution in [0.2, 0.25) is 0 Å². The smallest absolute Gasteiger partial charge is 0.338 e. The molecule has 1 aromatic carbocycles. The van der Waals surface area contributed by atoms with Gasteiger partial charge in [0.1, 0.15) is 5.82 Å². The van der Waals surface area contributed by atoms with Gasteiger partial charge in [-0.3, -0.25) is 0 Å². The molecule has 0 fully saturated rings. The van der Waals surface area contributed by atoms with Gasteiger partial charge in [0.15, 0.2) is 0 Å². The summed E-state index contributed by atoms with van der Waals surface area (Å²) < 4.78 is 18.4. The number of ether oxygens (including phenoxy) is 1. The fraction of sp³-hybridized carbons (Fsp3) is 0.429. The molecule has 19 heavy (non-hydrogen) atoms. The average molecular weight is 264 g/mol. The SMILES string of the molecule is Cc1c(N)cc(C(=O)OCCC(C)(C)C#N)cc1F. The van der Waals surface area contributed by atoms with E-state index in [9.17, 15) is 9.18 Å². The third-order valence-electron chi connectivity index (χ3n) is 2.88. The lowest BCUT2D eigenvalue weighted by atomic mass is 9.92. The quantitative estimate of drug-likeness (QED) is 0.670. The number of carbonyl (C=O) groups is 1. The number of halogens is 1. The minimum atomic E-state index is -0.640. The van der Waals surface area contributed by atoms with E-state index >= 15 is 0 Å². The summed E-state index contributed by atoms with van der Waals surface area (Å²) >= 11 is 0. The Morgan fingerprint density at radius 2 is 2.16 bits per heavy atom. The van der Waals surface area contributed by atoms with Gasteiger partial charge in [0.05, 0.1) is 23.7 Å². The first-order valence-electron chi connectivity index (χ1n) is 5.91. The molecule has 0 heterocycles. The second-order valence-corrected chi connectivity index (χ2v) is 5.05. The third kappa shape index (κ3) is 3.95. The van der Waals surface area contributed by atoms with E-state index in [1.54, 1.807) is 13.8 Å². The van der Waals surface area contributed by atoms with Crippen LogP contribution in [0.15, 0.2) is 12.1 Å². The number of hydrogen-bond donors (Lipinski definition) is 1. The van der Waals surface area contributed by atoms with Crippen molar-refractivity contribution in [2.24, 2.45) is 5.41 Å². The Bertz CT molecular complexity index is 510. The van der Waals surface area contributed by atoms with Crippen molar-refractivity contribution in [3.63, 3.8) is 0 Å². The van der Waals surface area contributed by atoms with Gasteiger partial charge >= 0.3 is 5.97 Å². The Morgan fingerprint density at radius 3 is 2.68 bits per heavy atom. The minimum Gasteiger partial charge on any atom is -0.462 e. The predicted molar refractivity (Wildman–Crippen MR) is 69.8 cm³/mol. The number of benzene rings is 1. The van der Waals surface area contributed by atoms with Crippen LogP contribution in [0.5, 0.6) is 0 Å². The average Bonchev–Trinajstić information content (AvgIpc) is 2.35. The lowest BCUT2D eigenvalue weighted by molar-refractivity contribution is 0.0474. The molecule has 2 N–H and O–H groups in total. The number of nitrogens with zero attached hydrogens (tertiary/aromatic N) is 1. The first-order chi connectivity index (χ1) is 8.76. The predicted octanol–water partition coefficient (Wildman–Crippen LogP) is 2.81. The topological polar surface area (TPSA) is 76.1 Å². The largest absolute Gasteiger partial charge is 0.462 e. The van der Waals surface area contributed by atoms with Crippen LogP contribution in [-0.4, -0.2) is 12.6 Å². The van der Waals surface area contributed by atoms with E-state index in [2.05, 4.69) is 6.07 Å². The van der Waals surface area contributed by atoms with Crippen molar-refractivity contribution in [2.75, 3.05) is 12.3 Å². The normalized spacial score (nSPS) is 10.9. The lowest BCUT2D eigenvalue weighted by Gasteiger charge is -2.14. The molecule has 0 saturated carbocycles. The van der Waals surface area contributed by atoms with Gasteiger partial charge < -0.3 is 10.5 Å². The molecule has 0 aliphatic carbocycles. The van der Waals surface area contributed by atoms with Gasteiger partial charge in [-0.25, -0.2) is 9.18 Å². The Hall–Kier alpha value is -2.09. The molecule has 102 valence electrons. The van der Waals surface area contributed by atoms with Crippen molar-refractivity contribution in [1.29, 1.82) is 5.26 Å². The van der Waals surface area contributed by atoms with E-state index in [0.29, 0.717) is 12.0 Å². The van der Waals surface area contributed by atoms with Crippen LogP contribution in [0.4, 0.5) is 10.1 Å². The zero-order valence-corrected chi connectivity index (χ0v) is 11.3. The highest BCUT2D eigenvalue weighted by molar-refractivity contribution is 5.90. The number of carbonyl (C=O) groups excluding carboxylic acids is 1. The van der Waals surface area contributed by atoms with Gasteiger partial charge in [-0.1, -0.05) is 0 Å². The van der Waals surface area contributed by atoms with E-state index in [1.165, 1.54) is 13.0 Å². The summed E-state index contributed by atoms with van der Waals surface area (Å²) in [5.74, 6) is -1.18. The first-order valence-corrected chi connectivity index (χ1v) is 5.91. The number of nitriles is 1. The number of anilines is 1. The van der Waals surface area contributed by atoms with Crippen molar-refractivity contribution in [3.05, 3.63) is 29.1 Å². The van der Waals surface area contributed by atoms with Crippen LogP contribution in [0.25, 0.3) is 0 Å². The van der Waals surface area contributed by atoms with Gasteiger partial charge in [0, 0.05) is 11.3 Å². The number of hydrogen-bond acceptors (Lipinski definition) is 4. The molecule has 4 nitrogen and oxygen atoms in total. The highest BCUT2D eigenvalue weighted by Crippen LogP contribution is 2.20. The van der Waals surface area contributed by atoms with E-state index in [1.807, 2.05) is 0 Å². The molecule has 0 bridgehead atoms. The van der Waals surface area contributed by atoms with Crippen LogP contribution < -0.4 is 5.73 Å². The summed E-state index contributed by atoms with van der Waals surface area (Å²) in [4.78, 5) is 11.7. The van der Waals surface area contributed by atoms with Crippen LogP contribution >= 0.6 is 0 Å². The number of nitrogens with two attached hydrogens (primary N) is 1. The summed E-state index contributed by atoms with van der Waals surface area (Å²) in [7, 11) is 0. The summed E-state index contributed by atoms with van der Waals surface area (Å²) in [6, 6.07) is 4.59. The molecule has 0 aliphatic rings. The standard InChI is InChI=1S/C14H17FN2O2/c1-9-11(15)6-10(7-12(9)17)13(18)19-5-4-14(2,3)8-16/h6-7H,4-5,17H2,1-3H3. The fourth-order valence-corrected chi connectivity index (χ4v) is 1.36. The fourth-order valence-electron chi connectivity index (χ4n) is 1.36. The summed E-state index contributed by atoms with van der Waals surface area (Å²) in [6.07, 6.45) is 0.416. The number of nitrogen functional groups attached to an aromatic ring is 1. The van der Waals surface area contributed by atoms with Gasteiger partial charge in [0.25, 0.3) is 0 Å². The Kier molecular flexibility index (Phi) is 4.49. The summed E-state index contributed by atoms with van der Waals surface area (Å²) in [5.41, 5.74) is 5.63. The maximum atomic E-state index is 13.4. The second-order valence-electron chi connectivity index (χ2n) is 5.05. The molecule has 5 heteroatoms. The number of rotatable bonds is 4. The molecule has 0 aromatic heterocycles. The summed E-state index contributed by atoms with van der Waals surface area (Å²) in [5, 5.41) is 8.82. The first kappa shape index (κ1) is 15.0. The maximum absolute atomic E-state index is 13.4. The van der Waals surface area contributed by atoms with E-state index < -0.39 is 17.2 Å². The molecule has 0 spiro atoms. The van der Waals surface area contributed by atoms with E-state index in [0.717, 1.165) is 6.07 Å². The molecule has 0 atom stereocenters. The summed E-state index contributed by atoms with van der Waals surface area (Å²) in [6.45, 7) is 5.15. The van der Waals surface area contributed by atoms with E-state index in [-0.39, 0.29) is 17.9 Å². The highest BCUT2D eigenvalue weighted by Gasteiger charge is 2.18. The molecule has 1 aromatic rings. The lowest BCUT2D eigenvalue weighted by Crippen LogP contribution is -2.15.